The molecule has 1 amide bonds. The number of nitrogens with zero attached hydrogens (tertiary/aromatic N) is 5. The van der Waals surface area contributed by atoms with E-state index in [1.165, 1.54) is 11.3 Å². The number of anilines is 1. The van der Waals surface area contributed by atoms with E-state index in [2.05, 4.69) is 20.0 Å². The Morgan fingerprint density at radius 3 is 3.04 bits per heavy atom. The first-order valence-electron chi connectivity index (χ1n) is 7.83. The zero-order valence-electron chi connectivity index (χ0n) is 13.7. The van der Waals surface area contributed by atoms with E-state index in [0.29, 0.717) is 5.89 Å². The largest absolute Gasteiger partial charge is 0.339 e. The van der Waals surface area contributed by atoms with Gasteiger partial charge in [0.25, 0.3) is 0 Å². The number of carbonyl (C=O) groups is 1. The molecule has 0 radical (unpaired) electrons. The molecule has 0 unspecified atom stereocenters. The normalized spacial score (nSPS) is 18.5. The maximum absolute atomic E-state index is 11.4. The molecule has 23 heavy (non-hydrogen) atoms. The molecule has 1 aliphatic heterocycles. The van der Waals surface area contributed by atoms with Gasteiger partial charge in [-0.3, -0.25) is 14.6 Å². The summed E-state index contributed by atoms with van der Waals surface area (Å²) in [7, 11) is 1.75. The van der Waals surface area contributed by atoms with Gasteiger partial charge in [-0.2, -0.15) is 4.98 Å². The number of rotatable bonds is 5. The molecule has 0 spiro atoms. The molecule has 7 nitrogen and oxygen atoms in total. The lowest BCUT2D eigenvalue weighted by Gasteiger charge is -2.20. The molecule has 124 valence electrons. The van der Waals surface area contributed by atoms with Crippen molar-refractivity contribution in [3.63, 3.8) is 0 Å². The molecule has 0 aromatic carbocycles. The smallest absolute Gasteiger partial charge is 0.226 e. The third kappa shape index (κ3) is 3.42. The van der Waals surface area contributed by atoms with E-state index in [9.17, 15) is 4.79 Å². The summed E-state index contributed by atoms with van der Waals surface area (Å²) >= 11 is 1.49. The highest BCUT2D eigenvalue weighted by Gasteiger charge is 2.30. The number of likely N-dealkylation sites (tertiary alicyclic amines) is 1. The lowest BCUT2D eigenvalue weighted by atomic mass is 10.2. The van der Waals surface area contributed by atoms with Gasteiger partial charge in [0.1, 0.15) is 0 Å². The fourth-order valence-corrected chi connectivity index (χ4v) is 3.55. The first-order valence-corrected chi connectivity index (χ1v) is 8.71. The molecule has 0 N–H and O–H groups in total. The summed E-state index contributed by atoms with van der Waals surface area (Å²) in [5, 5.41) is 6.86. The Morgan fingerprint density at radius 2 is 2.35 bits per heavy atom. The summed E-state index contributed by atoms with van der Waals surface area (Å²) < 4.78 is 5.24. The molecule has 3 heterocycles. The molecule has 1 fully saturated rings. The summed E-state index contributed by atoms with van der Waals surface area (Å²) in [5.74, 6) is 1.45. The molecule has 3 rings (SSSR count). The van der Waals surface area contributed by atoms with Gasteiger partial charge in [-0.1, -0.05) is 12.1 Å². The highest BCUT2D eigenvalue weighted by molar-refractivity contribution is 7.14. The number of aryl methyl sites for hydroxylation is 1. The van der Waals surface area contributed by atoms with Crippen LogP contribution < -0.4 is 4.90 Å². The van der Waals surface area contributed by atoms with Crippen LogP contribution in [0.25, 0.3) is 0 Å². The summed E-state index contributed by atoms with van der Waals surface area (Å²) in [4.78, 5) is 24.4. The Morgan fingerprint density at radius 1 is 1.52 bits per heavy atom. The number of hydrogen-bond acceptors (Lipinski definition) is 7. The van der Waals surface area contributed by atoms with Crippen molar-refractivity contribution in [1.82, 2.24) is 20.0 Å². The summed E-state index contributed by atoms with van der Waals surface area (Å²) in [5.41, 5.74) is 0.976. The van der Waals surface area contributed by atoms with E-state index in [4.69, 9.17) is 4.52 Å². The van der Waals surface area contributed by atoms with Gasteiger partial charge < -0.3 is 4.52 Å². The molecule has 1 atom stereocenters. The average molecular weight is 335 g/mol. The third-order valence-electron chi connectivity index (χ3n) is 4.11. The minimum Gasteiger partial charge on any atom is -0.339 e. The Balaban J connectivity index is 1.70. The second kappa shape index (κ2) is 6.76. The third-order valence-corrected chi connectivity index (χ3v) is 5.08. The van der Waals surface area contributed by atoms with Gasteiger partial charge in [-0.05, 0) is 19.4 Å². The van der Waals surface area contributed by atoms with Crippen LogP contribution in [0.15, 0.2) is 9.90 Å². The van der Waals surface area contributed by atoms with Crippen LogP contribution >= 0.6 is 11.3 Å². The number of thiazole rings is 1. The summed E-state index contributed by atoms with van der Waals surface area (Å²) in [6.45, 7) is 5.28. The topological polar surface area (TPSA) is 75.4 Å². The van der Waals surface area contributed by atoms with E-state index < -0.39 is 0 Å². The van der Waals surface area contributed by atoms with Gasteiger partial charge in [-0.25, -0.2) is 4.98 Å². The Hall–Kier alpha value is -1.80. The van der Waals surface area contributed by atoms with Gasteiger partial charge >= 0.3 is 0 Å². The van der Waals surface area contributed by atoms with Gasteiger partial charge in [0.2, 0.25) is 11.8 Å². The predicted octanol–water partition coefficient (Wildman–Crippen LogP) is 2.41. The molecular weight excluding hydrogens is 314 g/mol. The van der Waals surface area contributed by atoms with E-state index >= 15 is 0 Å². The van der Waals surface area contributed by atoms with Crippen LogP contribution in [0, 0.1) is 0 Å². The lowest BCUT2D eigenvalue weighted by molar-refractivity contribution is -0.116. The van der Waals surface area contributed by atoms with Crippen molar-refractivity contribution in [2.45, 2.75) is 45.7 Å². The van der Waals surface area contributed by atoms with E-state index in [-0.39, 0.29) is 11.9 Å². The highest BCUT2D eigenvalue weighted by Crippen LogP contribution is 2.32. The zero-order valence-corrected chi connectivity index (χ0v) is 14.5. The molecule has 2 aromatic rings. The highest BCUT2D eigenvalue weighted by atomic mass is 32.1. The lowest BCUT2D eigenvalue weighted by Crippen LogP contribution is -2.24. The molecule has 8 heteroatoms. The van der Waals surface area contributed by atoms with Crippen molar-refractivity contribution in [2.24, 2.45) is 0 Å². The zero-order chi connectivity index (χ0) is 16.4. The van der Waals surface area contributed by atoms with Crippen LogP contribution in [-0.4, -0.2) is 39.5 Å². The van der Waals surface area contributed by atoms with Crippen LogP contribution in [0.2, 0.25) is 0 Å². The SMILES string of the molecule is CCc1nc([C@H]2CCCN2Cc2csc(N(C)C(C)=O)n2)no1. The van der Waals surface area contributed by atoms with E-state index in [1.807, 2.05) is 12.3 Å². The molecule has 2 aromatic heterocycles. The number of carbonyl (C=O) groups excluding carboxylic acids is 1. The Kier molecular flexibility index (Phi) is 4.72. The van der Waals surface area contributed by atoms with Crippen LogP contribution in [0.4, 0.5) is 5.13 Å². The van der Waals surface area contributed by atoms with Crippen molar-refractivity contribution >= 4 is 22.4 Å². The van der Waals surface area contributed by atoms with Gasteiger partial charge in [-0.15, -0.1) is 11.3 Å². The van der Waals surface area contributed by atoms with Gasteiger partial charge in [0.15, 0.2) is 11.0 Å². The Bertz CT molecular complexity index is 683. The minimum absolute atomic E-state index is 0.0103. The van der Waals surface area contributed by atoms with Crippen LogP contribution in [0.5, 0.6) is 0 Å². The number of amides is 1. The molecule has 0 bridgehead atoms. The molecule has 1 aliphatic rings. The number of hydrogen-bond donors (Lipinski definition) is 0. The van der Waals surface area contributed by atoms with Gasteiger partial charge in [0.05, 0.1) is 11.7 Å². The first kappa shape index (κ1) is 16.1. The predicted molar refractivity (Wildman–Crippen MR) is 87.3 cm³/mol. The molecule has 0 saturated carbocycles. The van der Waals surface area contributed by atoms with Crippen molar-refractivity contribution in [1.29, 1.82) is 0 Å². The van der Waals surface area contributed by atoms with Crippen molar-refractivity contribution in [2.75, 3.05) is 18.5 Å². The molecule has 0 aliphatic carbocycles. The van der Waals surface area contributed by atoms with Crippen molar-refractivity contribution < 1.29 is 9.32 Å². The summed E-state index contributed by atoms with van der Waals surface area (Å²) in [6.07, 6.45) is 2.91. The van der Waals surface area contributed by atoms with Crippen LogP contribution in [0.3, 0.4) is 0 Å². The minimum atomic E-state index is -0.0103. The van der Waals surface area contributed by atoms with Crippen LogP contribution in [0.1, 0.15) is 50.1 Å². The monoisotopic (exact) mass is 335 g/mol. The van der Waals surface area contributed by atoms with Crippen molar-refractivity contribution in [3.05, 3.63) is 22.8 Å². The second-order valence-corrected chi connectivity index (χ2v) is 6.56. The van der Waals surface area contributed by atoms with E-state index in [0.717, 1.165) is 49.0 Å². The average Bonchev–Trinajstić information content (AvgIpc) is 3.26. The number of aromatic nitrogens is 3. The summed E-state index contributed by atoms with van der Waals surface area (Å²) in [6, 6.07) is 0.190. The maximum atomic E-state index is 11.4. The fourth-order valence-electron chi connectivity index (χ4n) is 2.72. The second-order valence-electron chi connectivity index (χ2n) is 5.73. The van der Waals surface area contributed by atoms with Crippen molar-refractivity contribution in [3.8, 4) is 0 Å². The first-order chi connectivity index (χ1) is 11.1. The molecule has 1 saturated heterocycles. The van der Waals surface area contributed by atoms with Gasteiger partial charge in [0, 0.05) is 32.3 Å². The van der Waals surface area contributed by atoms with E-state index in [1.54, 1.807) is 18.9 Å². The standard InChI is InChI=1S/C15H21N5O2S/c1-4-13-17-14(18-22-13)12-6-5-7-20(12)8-11-9-23-15(16-11)19(3)10(2)21/h9,12H,4-8H2,1-3H3/t12-/m1/s1. The van der Waals surface area contributed by atoms with Crippen LogP contribution in [-0.2, 0) is 17.8 Å². The quantitative estimate of drug-likeness (QED) is 0.835. The Labute approximate surface area is 139 Å². The fraction of sp³-hybridized carbons (Fsp3) is 0.600. The molecular formula is C15H21N5O2S. The maximum Gasteiger partial charge on any atom is 0.226 e.